The van der Waals surface area contributed by atoms with E-state index < -0.39 is 6.10 Å². The number of benzene rings is 2. The summed E-state index contributed by atoms with van der Waals surface area (Å²) in [6.07, 6.45) is -0.757. The molecule has 0 aliphatic heterocycles. The van der Waals surface area contributed by atoms with Crippen LogP contribution in [0.5, 0.6) is 5.75 Å². The lowest BCUT2D eigenvalue weighted by Gasteiger charge is -2.19. The van der Waals surface area contributed by atoms with Crippen molar-refractivity contribution in [2.75, 3.05) is 0 Å². The highest BCUT2D eigenvalue weighted by molar-refractivity contribution is 5.81. The Morgan fingerprint density at radius 3 is 2.48 bits per heavy atom. The van der Waals surface area contributed by atoms with Gasteiger partial charge >= 0.3 is 0 Å². The Balaban J connectivity index is 2.00. The van der Waals surface area contributed by atoms with Crippen LogP contribution in [0, 0.1) is 17.1 Å². The van der Waals surface area contributed by atoms with Gasteiger partial charge in [-0.3, -0.25) is 4.79 Å². The summed E-state index contributed by atoms with van der Waals surface area (Å²) in [6, 6.07) is 14.4. The second-order valence-electron chi connectivity index (χ2n) is 5.15. The molecule has 23 heavy (non-hydrogen) atoms. The van der Waals surface area contributed by atoms with Crippen LogP contribution in [0.4, 0.5) is 4.39 Å². The molecule has 0 aliphatic rings. The van der Waals surface area contributed by atoms with Crippen molar-refractivity contribution in [2.24, 2.45) is 0 Å². The molecule has 2 atom stereocenters. The van der Waals surface area contributed by atoms with Gasteiger partial charge in [0.15, 0.2) is 6.10 Å². The SMILES string of the molecule is CC(Oc1ccccc1C#N)C(=O)NC(C)c1ccc(F)cc1. The highest BCUT2D eigenvalue weighted by Crippen LogP contribution is 2.19. The van der Waals surface area contributed by atoms with Gasteiger partial charge in [-0.2, -0.15) is 5.26 Å². The molecule has 2 unspecified atom stereocenters. The molecule has 0 saturated heterocycles. The van der Waals surface area contributed by atoms with Gasteiger partial charge < -0.3 is 10.1 Å². The third-order valence-corrected chi connectivity index (χ3v) is 3.41. The summed E-state index contributed by atoms with van der Waals surface area (Å²) in [5.74, 6) is -0.265. The van der Waals surface area contributed by atoms with Crippen molar-refractivity contribution in [3.05, 3.63) is 65.5 Å². The topological polar surface area (TPSA) is 62.1 Å². The summed E-state index contributed by atoms with van der Waals surface area (Å²) >= 11 is 0. The molecule has 1 amide bonds. The van der Waals surface area contributed by atoms with E-state index in [-0.39, 0.29) is 17.8 Å². The number of carbonyl (C=O) groups is 1. The second-order valence-corrected chi connectivity index (χ2v) is 5.15. The van der Waals surface area contributed by atoms with Crippen LogP contribution >= 0.6 is 0 Å². The van der Waals surface area contributed by atoms with Gasteiger partial charge in [0.25, 0.3) is 5.91 Å². The number of nitriles is 1. The van der Waals surface area contributed by atoms with Crippen LogP contribution in [0.15, 0.2) is 48.5 Å². The Kier molecular flexibility index (Phi) is 5.32. The maximum atomic E-state index is 12.9. The van der Waals surface area contributed by atoms with Crippen molar-refractivity contribution in [3.63, 3.8) is 0 Å². The van der Waals surface area contributed by atoms with Crippen LogP contribution in [0.3, 0.4) is 0 Å². The van der Waals surface area contributed by atoms with E-state index in [0.29, 0.717) is 11.3 Å². The first-order chi connectivity index (χ1) is 11.0. The van der Waals surface area contributed by atoms with E-state index >= 15 is 0 Å². The first-order valence-corrected chi connectivity index (χ1v) is 7.23. The second kappa shape index (κ2) is 7.41. The van der Waals surface area contributed by atoms with E-state index in [4.69, 9.17) is 10.00 Å². The maximum Gasteiger partial charge on any atom is 0.261 e. The summed E-state index contributed by atoms with van der Waals surface area (Å²) in [5.41, 5.74) is 1.17. The molecule has 0 radical (unpaired) electrons. The largest absolute Gasteiger partial charge is 0.480 e. The quantitative estimate of drug-likeness (QED) is 0.921. The summed E-state index contributed by atoms with van der Waals surface area (Å²) in [6.45, 7) is 3.42. The van der Waals surface area contributed by atoms with Gasteiger partial charge in [0.05, 0.1) is 11.6 Å². The number of rotatable bonds is 5. The fourth-order valence-corrected chi connectivity index (χ4v) is 2.07. The van der Waals surface area contributed by atoms with Crippen LogP contribution < -0.4 is 10.1 Å². The number of nitrogens with zero attached hydrogens (tertiary/aromatic N) is 1. The average Bonchev–Trinajstić information content (AvgIpc) is 2.55. The van der Waals surface area contributed by atoms with Crippen LogP contribution in [-0.2, 0) is 4.79 Å². The first-order valence-electron chi connectivity index (χ1n) is 7.23. The molecule has 118 valence electrons. The first kappa shape index (κ1) is 16.5. The molecule has 0 bridgehead atoms. The maximum absolute atomic E-state index is 12.9. The molecule has 5 heteroatoms. The Hall–Kier alpha value is -2.87. The molecule has 2 aromatic rings. The van der Waals surface area contributed by atoms with Gasteiger partial charge in [-0.1, -0.05) is 24.3 Å². The summed E-state index contributed by atoms with van der Waals surface area (Å²) in [7, 11) is 0. The van der Waals surface area contributed by atoms with Crippen LogP contribution in [0.2, 0.25) is 0 Å². The lowest BCUT2D eigenvalue weighted by atomic mass is 10.1. The lowest BCUT2D eigenvalue weighted by molar-refractivity contribution is -0.127. The van der Waals surface area contributed by atoms with Gasteiger partial charge in [-0.15, -0.1) is 0 Å². The van der Waals surface area contributed by atoms with Gasteiger partial charge in [0.2, 0.25) is 0 Å². The van der Waals surface area contributed by atoms with Crippen LogP contribution in [0.1, 0.15) is 31.0 Å². The highest BCUT2D eigenvalue weighted by atomic mass is 19.1. The highest BCUT2D eigenvalue weighted by Gasteiger charge is 2.18. The minimum Gasteiger partial charge on any atom is -0.480 e. The Morgan fingerprint density at radius 2 is 1.83 bits per heavy atom. The van der Waals surface area contributed by atoms with Crippen molar-refractivity contribution in [1.29, 1.82) is 5.26 Å². The van der Waals surface area contributed by atoms with E-state index in [0.717, 1.165) is 5.56 Å². The van der Waals surface area contributed by atoms with E-state index in [9.17, 15) is 9.18 Å². The molecule has 0 saturated carbocycles. The number of nitrogens with one attached hydrogen (secondary N) is 1. The molecule has 1 N–H and O–H groups in total. The fourth-order valence-electron chi connectivity index (χ4n) is 2.07. The van der Waals surface area contributed by atoms with Crippen LogP contribution in [0.25, 0.3) is 0 Å². The molecule has 4 nitrogen and oxygen atoms in total. The van der Waals surface area contributed by atoms with Crippen molar-refractivity contribution < 1.29 is 13.9 Å². The Labute approximate surface area is 134 Å². The van der Waals surface area contributed by atoms with E-state index in [1.165, 1.54) is 12.1 Å². The molecule has 0 aromatic heterocycles. The smallest absolute Gasteiger partial charge is 0.261 e. The number of hydrogen-bond donors (Lipinski definition) is 1. The molecule has 0 aliphatic carbocycles. The number of ether oxygens (including phenoxy) is 1. The zero-order valence-corrected chi connectivity index (χ0v) is 12.9. The zero-order chi connectivity index (χ0) is 16.8. The van der Waals surface area contributed by atoms with Gasteiger partial charge in [0.1, 0.15) is 17.6 Å². The van der Waals surface area contributed by atoms with Gasteiger partial charge in [0, 0.05) is 0 Å². The number of hydrogen-bond acceptors (Lipinski definition) is 3. The summed E-state index contributed by atoms with van der Waals surface area (Å²) < 4.78 is 18.5. The third-order valence-electron chi connectivity index (χ3n) is 3.41. The number of amides is 1. The minimum atomic E-state index is -0.757. The average molecular weight is 312 g/mol. The molecule has 2 aromatic carbocycles. The lowest BCUT2D eigenvalue weighted by Crippen LogP contribution is -2.37. The van der Waals surface area contributed by atoms with E-state index in [1.807, 2.05) is 6.07 Å². The fraction of sp³-hybridized carbons (Fsp3) is 0.222. The van der Waals surface area contributed by atoms with Crippen molar-refractivity contribution in [2.45, 2.75) is 26.0 Å². The monoisotopic (exact) mass is 312 g/mol. The van der Waals surface area contributed by atoms with Crippen molar-refractivity contribution >= 4 is 5.91 Å². The third kappa shape index (κ3) is 4.30. The predicted molar refractivity (Wildman–Crippen MR) is 84.2 cm³/mol. The Bertz CT molecular complexity index is 723. The van der Waals surface area contributed by atoms with Crippen LogP contribution in [-0.4, -0.2) is 12.0 Å². The van der Waals surface area contributed by atoms with Gasteiger partial charge in [-0.25, -0.2) is 4.39 Å². The number of carbonyl (C=O) groups excluding carboxylic acids is 1. The molecule has 0 fully saturated rings. The minimum absolute atomic E-state index is 0.277. The summed E-state index contributed by atoms with van der Waals surface area (Å²) in [4.78, 5) is 12.2. The Morgan fingerprint density at radius 1 is 1.17 bits per heavy atom. The van der Waals surface area contributed by atoms with Crippen molar-refractivity contribution in [3.8, 4) is 11.8 Å². The number of para-hydroxylation sites is 1. The molecule has 2 rings (SSSR count). The summed E-state index contributed by atoms with van der Waals surface area (Å²) in [5, 5.41) is 11.8. The predicted octanol–water partition coefficient (Wildman–Crippen LogP) is 3.34. The zero-order valence-electron chi connectivity index (χ0n) is 12.9. The molecule has 0 heterocycles. The number of halogens is 1. The molecular weight excluding hydrogens is 295 g/mol. The van der Waals surface area contributed by atoms with Crippen molar-refractivity contribution in [1.82, 2.24) is 5.32 Å². The standard InChI is InChI=1S/C18H17FN2O2/c1-12(14-7-9-16(19)10-8-14)21-18(22)13(2)23-17-6-4-3-5-15(17)11-20/h3-10,12-13H,1-2H3,(H,21,22). The molecule has 0 spiro atoms. The molecular formula is C18H17FN2O2. The van der Waals surface area contributed by atoms with Gasteiger partial charge in [-0.05, 0) is 43.7 Å². The normalized spacial score (nSPS) is 12.8. The van der Waals surface area contributed by atoms with E-state index in [2.05, 4.69) is 5.32 Å². The van der Waals surface area contributed by atoms with E-state index in [1.54, 1.807) is 50.2 Å².